The maximum Gasteiger partial charge on any atom is 0.115 e. The molecule has 0 radical (unpaired) electrons. The van der Waals surface area contributed by atoms with Gasteiger partial charge in [-0.25, -0.2) is 0 Å². The number of hydrazine groups is 1. The third-order valence-electron chi connectivity index (χ3n) is 3.09. The van der Waals surface area contributed by atoms with E-state index in [0.29, 0.717) is 5.75 Å². The molecule has 0 amide bonds. The highest BCUT2D eigenvalue weighted by molar-refractivity contribution is 5.27. The third-order valence-corrected chi connectivity index (χ3v) is 3.09. The van der Waals surface area contributed by atoms with Crippen molar-refractivity contribution in [3.8, 4) is 5.75 Å². The molecule has 1 aromatic rings. The Hall–Kier alpha value is -1.06. The van der Waals surface area contributed by atoms with E-state index in [1.807, 2.05) is 12.1 Å². The average Bonchev–Trinajstić information content (AvgIpc) is 2.35. The number of nitrogens with one attached hydrogen (secondary N) is 1. The summed E-state index contributed by atoms with van der Waals surface area (Å²) < 4.78 is 0. The van der Waals surface area contributed by atoms with Crippen LogP contribution in [0.15, 0.2) is 24.3 Å². The average molecular weight is 236 g/mol. The van der Waals surface area contributed by atoms with E-state index in [1.54, 1.807) is 12.1 Å². The molecule has 1 atom stereocenters. The molecule has 96 valence electrons. The number of unbranched alkanes of at least 4 members (excludes halogenated alkanes) is 4. The molecule has 0 aliphatic carbocycles. The van der Waals surface area contributed by atoms with Crippen LogP contribution in [0.5, 0.6) is 5.75 Å². The number of rotatable bonds is 8. The van der Waals surface area contributed by atoms with Crippen molar-refractivity contribution in [3.05, 3.63) is 29.8 Å². The standard InChI is InChI=1S/C14H24N2O/c1-2-3-4-5-6-7-14(16-15)12-8-10-13(17)11-9-12/h8-11,14,16-17H,2-7,15H2,1H3/t14-/m0/s1. The second-order valence-corrected chi connectivity index (χ2v) is 4.51. The van der Waals surface area contributed by atoms with Gasteiger partial charge in [-0.2, -0.15) is 0 Å². The van der Waals surface area contributed by atoms with Crippen LogP contribution in [0.25, 0.3) is 0 Å². The molecule has 0 unspecified atom stereocenters. The number of phenols is 1. The fourth-order valence-corrected chi connectivity index (χ4v) is 2.00. The van der Waals surface area contributed by atoms with Gasteiger partial charge in [0.25, 0.3) is 0 Å². The molecule has 1 rings (SSSR count). The van der Waals surface area contributed by atoms with E-state index in [0.717, 1.165) is 12.0 Å². The molecule has 0 bridgehead atoms. The van der Waals surface area contributed by atoms with Crippen LogP contribution >= 0.6 is 0 Å². The van der Waals surface area contributed by atoms with Crippen LogP contribution in [0.2, 0.25) is 0 Å². The fraction of sp³-hybridized carbons (Fsp3) is 0.571. The molecule has 0 heterocycles. The molecule has 3 heteroatoms. The first-order valence-electron chi connectivity index (χ1n) is 6.53. The first-order valence-corrected chi connectivity index (χ1v) is 6.53. The van der Waals surface area contributed by atoms with Gasteiger partial charge in [0.1, 0.15) is 5.75 Å². The van der Waals surface area contributed by atoms with Gasteiger partial charge in [-0.1, -0.05) is 51.2 Å². The maximum atomic E-state index is 9.23. The Kier molecular flexibility index (Phi) is 6.67. The minimum absolute atomic E-state index is 0.192. The molecule has 0 saturated carbocycles. The Morgan fingerprint density at radius 1 is 1.12 bits per heavy atom. The summed E-state index contributed by atoms with van der Waals surface area (Å²) in [5.74, 6) is 5.87. The van der Waals surface area contributed by atoms with E-state index in [4.69, 9.17) is 5.84 Å². The molecule has 4 N–H and O–H groups in total. The van der Waals surface area contributed by atoms with Crippen LogP contribution in [-0.4, -0.2) is 5.11 Å². The monoisotopic (exact) mass is 236 g/mol. The fourth-order valence-electron chi connectivity index (χ4n) is 2.00. The highest BCUT2D eigenvalue weighted by Gasteiger charge is 2.08. The maximum absolute atomic E-state index is 9.23. The number of nitrogens with two attached hydrogens (primary N) is 1. The molecule has 1 aromatic carbocycles. The first-order chi connectivity index (χ1) is 8.27. The van der Waals surface area contributed by atoms with Crippen molar-refractivity contribution in [2.45, 2.75) is 51.5 Å². The topological polar surface area (TPSA) is 58.3 Å². The van der Waals surface area contributed by atoms with Crippen molar-refractivity contribution in [3.63, 3.8) is 0 Å². The third kappa shape index (κ3) is 5.20. The van der Waals surface area contributed by atoms with E-state index >= 15 is 0 Å². The summed E-state index contributed by atoms with van der Waals surface area (Å²) in [7, 11) is 0. The molecular weight excluding hydrogens is 212 g/mol. The summed E-state index contributed by atoms with van der Waals surface area (Å²) in [5, 5.41) is 9.23. The van der Waals surface area contributed by atoms with Crippen molar-refractivity contribution in [2.75, 3.05) is 0 Å². The predicted octanol–water partition coefficient (Wildman–Crippen LogP) is 3.26. The van der Waals surface area contributed by atoms with E-state index in [-0.39, 0.29) is 6.04 Å². The van der Waals surface area contributed by atoms with E-state index in [1.165, 1.54) is 32.1 Å². The minimum Gasteiger partial charge on any atom is -0.508 e. The normalized spacial score (nSPS) is 12.6. The minimum atomic E-state index is 0.192. The summed E-state index contributed by atoms with van der Waals surface area (Å²) in [5.41, 5.74) is 3.99. The number of benzene rings is 1. The molecule has 0 fully saturated rings. The second-order valence-electron chi connectivity index (χ2n) is 4.51. The largest absolute Gasteiger partial charge is 0.508 e. The van der Waals surface area contributed by atoms with Gasteiger partial charge in [0, 0.05) is 6.04 Å². The highest BCUT2D eigenvalue weighted by atomic mass is 16.3. The van der Waals surface area contributed by atoms with Crippen LogP contribution in [-0.2, 0) is 0 Å². The SMILES string of the molecule is CCCCCCC[C@H](NN)c1ccc(O)cc1. The van der Waals surface area contributed by atoms with E-state index < -0.39 is 0 Å². The van der Waals surface area contributed by atoms with Crippen LogP contribution < -0.4 is 11.3 Å². The molecule has 0 aliphatic rings. The summed E-state index contributed by atoms with van der Waals surface area (Å²) in [6, 6.07) is 7.45. The molecule has 0 saturated heterocycles. The molecule has 0 spiro atoms. The van der Waals surface area contributed by atoms with Gasteiger partial charge < -0.3 is 5.11 Å². The van der Waals surface area contributed by atoms with Crippen molar-refractivity contribution in [2.24, 2.45) is 5.84 Å². The van der Waals surface area contributed by atoms with Gasteiger partial charge in [-0.05, 0) is 24.1 Å². The summed E-state index contributed by atoms with van der Waals surface area (Å²) in [6.07, 6.45) is 7.41. The first kappa shape index (κ1) is 14.0. The number of phenolic OH excluding ortho intramolecular Hbond substituents is 1. The Morgan fingerprint density at radius 3 is 2.35 bits per heavy atom. The Balaban J connectivity index is 2.35. The molecular formula is C14H24N2O. The summed E-state index contributed by atoms with van der Waals surface area (Å²) >= 11 is 0. The summed E-state index contributed by atoms with van der Waals surface area (Å²) in [6.45, 7) is 2.22. The lowest BCUT2D eigenvalue weighted by Crippen LogP contribution is -2.27. The second kappa shape index (κ2) is 8.09. The highest BCUT2D eigenvalue weighted by Crippen LogP contribution is 2.21. The lowest BCUT2D eigenvalue weighted by molar-refractivity contribution is 0.468. The quantitative estimate of drug-likeness (QED) is 0.369. The van der Waals surface area contributed by atoms with Crippen molar-refractivity contribution in [1.82, 2.24) is 5.43 Å². The van der Waals surface area contributed by atoms with Crippen LogP contribution in [0, 0.1) is 0 Å². The van der Waals surface area contributed by atoms with Crippen molar-refractivity contribution < 1.29 is 5.11 Å². The molecule has 0 aliphatic heterocycles. The van der Waals surface area contributed by atoms with Gasteiger partial charge in [-0.15, -0.1) is 0 Å². The van der Waals surface area contributed by atoms with E-state index in [2.05, 4.69) is 12.3 Å². The van der Waals surface area contributed by atoms with Crippen LogP contribution in [0.3, 0.4) is 0 Å². The van der Waals surface area contributed by atoms with Gasteiger partial charge in [0.2, 0.25) is 0 Å². The zero-order valence-corrected chi connectivity index (χ0v) is 10.7. The van der Waals surface area contributed by atoms with E-state index in [9.17, 15) is 5.11 Å². The number of aromatic hydroxyl groups is 1. The smallest absolute Gasteiger partial charge is 0.115 e. The predicted molar refractivity (Wildman–Crippen MR) is 71.5 cm³/mol. The number of hydrogen-bond acceptors (Lipinski definition) is 3. The molecule has 0 aromatic heterocycles. The molecule has 3 nitrogen and oxygen atoms in total. The lowest BCUT2D eigenvalue weighted by atomic mass is 10.0. The Bertz CT molecular complexity index is 298. The zero-order valence-electron chi connectivity index (χ0n) is 10.7. The molecule has 17 heavy (non-hydrogen) atoms. The van der Waals surface area contributed by atoms with Gasteiger partial charge in [0.05, 0.1) is 0 Å². The Morgan fingerprint density at radius 2 is 1.76 bits per heavy atom. The Labute approximate surface area is 104 Å². The van der Waals surface area contributed by atoms with Crippen molar-refractivity contribution in [1.29, 1.82) is 0 Å². The zero-order chi connectivity index (χ0) is 12.5. The number of hydrogen-bond donors (Lipinski definition) is 3. The van der Waals surface area contributed by atoms with Gasteiger partial charge in [-0.3, -0.25) is 11.3 Å². The van der Waals surface area contributed by atoms with Crippen LogP contribution in [0.1, 0.15) is 57.1 Å². The van der Waals surface area contributed by atoms with Crippen molar-refractivity contribution >= 4 is 0 Å². The summed E-state index contributed by atoms with van der Waals surface area (Å²) in [4.78, 5) is 0. The van der Waals surface area contributed by atoms with Crippen LogP contribution in [0.4, 0.5) is 0 Å². The van der Waals surface area contributed by atoms with Gasteiger partial charge in [0.15, 0.2) is 0 Å². The van der Waals surface area contributed by atoms with Gasteiger partial charge >= 0.3 is 0 Å². The lowest BCUT2D eigenvalue weighted by Gasteiger charge is -2.16.